The molecule has 0 unspecified atom stereocenters. The number of aromatic nitrogens is 4. The lowest BCUT2D eigenvalue weighted by Crippen LogP contribution is -2.16. The van der Waals surface area contributed by atoms with Gasteiger partial charge in [0.05, 0.1) is 16.4 Å². The molecule has 0 radical (unpaired) electrons. The summed E-state index contributed by atoms with van der Waals surface area (Å²) in [5, 5.41) is 11.8. The molecule has 112 valence electrons. The van der Waals surface area contributed by atoms with Gasteiger partial charge in [0.25, 0.3) is 5.91 Å². The van der Waals surface area contributed by atoms with E-state index in [1.165, 1.54) is 4.68 Å². The van der Waals surface area contributed by atoms with Crippen molar-refractivity contribution in [2.24, 2.45) is 7.05 Å². The van der Waals surface area contributed by atoms with Gasteiger partial charge in [0.15, 0.2) is 5.82 Å². The maximum atomic E-state index is 12.2. The molecule has 0 fully saturated rings. The number of halogens is 1. The molecule has 0 saturated heterocycles. The van der Waals surface area contributed by atoms with E-state index in [0.29, 0.717) is 16.5 Å². The lowest BCUT2D eigenvalue weighted by Gasteiger charge is -2.04. The highest BCUT2D eigenvalue weighted by Gasteiger charge is 2.13. The molecule has 0 bridgehead atoms. The van der Waals surface area contributed by atoms with Crippen LogP contribution in [0.15, 0.2) is 42.6 Å². The van der Waals surface area contributed by atoms with Crippen LogP contribution in [-0.2, 0) is 7.05 Å². The number of benzene rings is 1. The monoisotopic (exact) mass is 315 g/mol. The van der Waals surface area contributed by atoms with E-state index >= 15 is 0 Å². The van der Waals surface area contributed by atoms with Gasteiger partial charge in [0, 0.05) is 19.3 Å². The van der Waals surface area contributed by atoms with Crippen LogP contribution in [0.2, 0.25) is 5.02 Å². The van der Waals surface area contributed by atoms with Gasteiger partial charge in [0.2, 0.25) is 0 Å². The number of nitrogens with zero attached hydrogens (tertiary/aromatic N) is 4. The van der Waals surface area contributed by atoms with Gasteiger partial charge in [-0.3, -0.25) is 9.48 Å². The molecule has 2 aromatic heterocycles. The van der Waals surface area contributed by atoms with Crippen LogP contribution in [0.1, 0.15) is 16.2 Å². The number of amides is 1. The van der Waals surface area contributed by atoms with Crippen LogP contribution in [0.25, 0.3) is 5.69 Å². The minimum absolute atomic E-state index is 0.257. The summed E-state index contributed by atoms with van der Waals surface area (Å²) in [6.07, 6.45) is 1.74. The molecule has 0 atom stereocenters. The van der Waals surface area contributed by atoms with Gasteiger partial charge in [-0.15, -0.1) is 5.10 Å². The fourth-order valence-corrected chi connectivity index (χ4v) is 2.39. The van der Waals surface area contributed by atoms with Crippen molar-refractivity contribution in [3.63, 3.8) is 0 Å². The largest absolute Gasteiger partial charge is 0.304 e. The third-order valence-electron chi connectivity index (χ3n) is 3.16. The molecule has 22 heavy (non-hydrogen) atoms. The standard InChI is InChI=1S/C15H14ClN5O/c1-10-9-13(20(2)18-10)15(22)17-14-7-8-21(19-14)12-6-4-3-5-11(12)16/h3-9H,1-2H3,(H,17,19,22). The third kappa shape index (κ3) is 2.73. The number of aryl methyl sites for hydroxylation is 2. The summed E-state index contributed by atoms with van der Waals surface area (Å²) in [6, 6.07) is 10.8. The lowest BCUT2D eigenvalue weighted by atomic mass is 10.3. The molecule has 3 rings (SSSR count). The molecule has 0 aliphatic heterocycles. The van der Waals surface area contributed by atoms with Gasteiger partial charge in [-0.05, 0) is 25.1 Å². The summed E-state index contributed by atoms with van der Waals surface area (Å²) < 4.78 is 3.15. The van der Waals surface area contributed by atoms with Gasteiger partial charge in [-0.2, -0.15) is 5.10 Å². The van der Waals surface area contributed by atoms with Crippen molar-refractivity contribution in [2.45, 2.75) is 6.92 Å². The van der Waals surface area contributed by atoms with Crippen LogP contribution in [0.3, 0.4) is 0 Å². The maximum Gasteiger partial charge on any atom is 0.275 e. The molecular formula is C15H14ClN5O. The van der Waals surface area contributed by atoms with Gasteiger partial charge in [-0.1, -0.05) is 23.7 Å². The van der Waals surface area contributed by atoms with Crippen molar-refractivity contribution in [1.82, 2.24) is 19.6 Å². The van der Waals surface area contributed by atoms with E-state index < -0.39 is 0 Å². The van der Waals surface area contributed by atoms with Crippen LogP contribution >= 0.6 is 11.6 Å². The normalized spacial score (nSPS) is 10.7. The Labute approximate surface area is 132 Å². The van der Waals surface area contributed by atoms with Crippen molar-refractivity contribution in [3.05, 3.63) is 59.0 Å². The van der Waals surface area contributed by atoms with Crippen molar-refractivity contribution in [1.29, 1.82) is 0 Å². The lowest BCUT2D eigenvalue weighted by molar-refractivity contribution is 0.101. The topological polar surface area (TPSA) is 64.7 Å². The van der Waals surface area contributed by atoms with Crippen LogP contribution in [0, 0.1) is 6.92 Å². The second-order valence-corrected chi connectivity index (χ2v) is 5.25. The van der Waals surface area contributed by atoms with E-state index in [2.05, 4.69) is 15.5 Å². The van der Waals surface area contributed by atoms with Gasteiger partial charge in [0.1, 0.15) is 5.69 Å². The number of rotatable bonds is 3. The highest BCUT2D eigenvalue weighted by Crippen LogP contribution is 2.20. The Morgan fingerprint density at radius 2 is 2.00 bits per heavy atom. The first-order valence-corrected chi connectivity index (χ1v) is 7.05. The minimum Gasteiger partial charge on any atom is -0.304 e. The Balaban J connectivity index is 1.82. The van der Waals surface area contributed by atoms with Crippen LogP contribution in [-0.4, -0.2) is 25.5 Å². The molecule has 0 spiro atoms. The summed E-state index contributed by atoms with van der Waals surface area (Å²) in [4.78, 5) is 12.2. The van der Waals surface area contributed by atoms with E-state index in [1.807, 2.05) is 25.1 Å². The number of anilines is 1. The average molecular weight is 316 g/mol. The predicted octanol–water partition coefficient (Wildman–Crippen LogP) is 2.82. The van der Waals surface area contributed by atoms with Crippen LogP contribution < -0.4 is 5.32 Å². The third-order valence-corrected chi connectivity index (χ3v) is 3.48. The Kier molecular flexibility index (Phi) is 3.68. The molecule has 3 aromatic rings. The van der Waals surface area contributed by atoms with Crippen molar-refractivity contribution < 1.29 is 4.79 Å². The highest BCUT2D eigenvalue weighted by atomic mass is 35.5. The Morgan fingerprint density at radius 1 is 1.23 bits per heavy atom. The summed E-state index contributed by atoms with van der Waals surface area (Å²) in [5.74, 6) is 0.191. The number of hydrogen-bond acceptors (Lipinski definition) is 3. The summed E-state index contributed by atoms with van der Waals surface area (Å²) >= 11 is 6.13. The Bertz CT molecular complexity index is 836. The second-order valence-electron chi connectivity index (χ2n) is 4.85. The number of carbonyl (C=O) groups excluding carboxylic acids is 1. The summed E-state index contributed by atoms with van der Waals surface area (Å²) in [7, 11) is 1.73. The molecule has 7 heteroatoms. The highest BCUT2D eigenvalue weighted by molar-refractivity contribution is 6.32. The fraction of sp³-hybridized carbons (Fsp3) is 0.133. The quantitative estimate of drug-likeness (QED) is 0.808. The van der Waals surface area contributed by atoms with Crippen molar-refractivity contribution >= 4 is 23.3 Å². The first kappa shape index (κ1) is 14.3. The molecular weight excluding hydrogens is 302 g/mol. The van der Waals surface area contributed by atoms with Crippen molar-refractivity contribution in [3.8, 4) is 5.69 Å². The SMILES string of the molecule is Cc1cc(C(=O)Nc2ccn(-c3ccccc3Cl)n2)n(C)n1. The van der Waals surface area contributed by atoms with Gasteiger partial charge >= 0.3 is 0 Å². The first-order valence-electron chi connectivity index (χ1n) is 6.67. The Morgan fingerprint density at radius 3 is 2.68 bits per heavy atom. The van der Waals surface area contributed by atoms with Crippen LogP contribution in [0.4, 0.5) is 5.82 Å². The zero-order chi connectivity index (χ0) is 15.7. The predicted molar refractivity (Wildman–Crippen MR) is 84.5 cm³/mol. The number of carbonyl (C=O) groups is 1. The molecule has 1 aromatic carbocycles. The summed E-state index contributed by atoms with van der Waals surface area (Å²) in [5.41, 5.74) is 2.01. The van der Waals surface area contributed by atoms with Gasteiger partial charge in [-0.25, -0.2) is 4.68 Å². The van der Waals surface area contributed by atoms with Crippen molar-refractivity contribution in [2.75, 3.05) is 5.32 Å². The van der Waals surface area contributed by atoms with E-state index in [1.54, 1.807) is 36.1 Å². The summed E-state index contributed by atoms with van der Waals surface area (Å²) in [6.45, 7) is 1.84. The maximum absolute atomic E-state index is 12.2. The Hall–Kier alpha value is -2.60. The zero-order valence-corrected chi connectivity index (χ0v) is 12.9. The van der Waals surface area contributed by atoms with Crippen LogP contribution in [0.5, 0.6) is 0 Å². The number of nitrogens with one attached hydrogen (secondary N) is 1. The molecule has 6 nitrogen and oxygen atoms in total. The van der Waals surface area contributed by atoms with E-state index in [-0.39, 0.29) is 5.91 Å². The molecule has 1 amide bonds. The number of para-hydroxylation sites is 1. The number of hydrogen-bond donors (Lipinski definition) is 1. The zero-order valence-electron chi connectivity index (χ0n) is 12.1. The molecule has 0 aliphatic rings. The first-order chi connectivity index (χ1) is 10.5. The smallest absolute Gasteiger partial charge is 0.275 e. The average Bonchev–Trinajstić information content (AvgIpc) is 3.06. The minimum atomic E-state index is -0.257. The molecule has 0 aliphatic carbocycles. The van der Waals surface area contributed by atoms with E-state index in [0.717, 1.165) is 11.4 Å². The molecule has 1 N–H and O–H groups in total. The second kappa shape index (κ2) is 5.65. The fourth-order valence-electron chi connectivity index (χ4n) is 2.17. The van der Waals surface area contributed by atoms with E-state index in [4.69, 9.17) is 11.6 Å². The van der Waals surface area contributed by atoms with E-state index in [9.17, 15) is 4.79 Å². The molecule has 2 heterocycles. The molecule has 0 saturated carbocycles. The van der Waals surface area contributed by atoms with Gasteiger partial charge < -0.3 is 5.32 Å².